The first-order valence-electron chi connectivity index (χ1n) is 14.3. The van der Waals surface area contributed by atoms with Crippen molar-refractivity contribution in [3.63, 3.8) is 0 Å². The minimum atomic E-state index is -2.10. The predicted molar refractivity (Wildman–Crippen MR) is 163 cm³/mol. The Labute approximate surface area is 239 Å². The van der Waals surface area contributed by atoms with Gasteiger partial charge in [0.05, 0.1) is 33.0 Å². The second kappa shape index (κ2) is 18.6. The summed E-state index contributed by atoms with van der Waals surface area (Å²) in [5.74, 6) is 0.960. The molecule has 0 radical (unpaired) electrons. The van der Waals surface area contributed by atoms with E-state index in [1.54, 1.807) is 20.3 Å². The fourth-order valence-corrected chi connectivity index (χ4v) is 11.2. The molecule has 0 aliphatic rings. The van der Waals surface area contributed by atoms with Crippen LogP contribution in [-0.4, -0.2) is 54.9 Å². The first kappa shape index (κ1) is 35.3. The van der Waals surface area contributed by atoms with Crippen LogP contribution >= 0.6 is 0 Å². The van der Waals surface area contributed by atoms with Gasteiger partial charge >= 0.3 is 0 Å². The van der Waals surface area contributed by atoms with Gasteiger partial charge in [-0.15, -0.1) is 0 Å². The van der Waals surface area contributed by atoms with Crippen LogP contribution in [0.2, 0.25) is 16.6 Å². The number of rotatable bonds is 20. The summed E-state index contributed by atoms with van der Waals surface area (Å²) in [6.07, 6.45) is 6.18. The van der Waals surface area contributed by atoms with Gasteiger partial charge in [-0.05, 0) is 71.7 Å². The lowest BCUT2D eigenvalue weighted by atomic mass is 9.96. The molecule has 7 heteroatoms. The summed E-state index contributed by atoms with van der Waals surface area (Å²) in [4.78, 5) is 11.1. The molecule has 0 aromatic heterocycles. The molecule has 0 saturated carbocycles. The minimum Gasteiger partial charge on any atom is -0.497 e. The fraction of sp³-hybridized carbons (Fsp3) is 0.656. The highest BCUT2D eigenvalue weighted by Gasteiger charge is 2.47. The molecule has 0 N–H and O–H groups in total. The largest absolute Gasteiger partial charge is 0.497 e. The van der Waals surface area contributed by atoms with Gasteiger partial charge in [0, 0.05) is 7.11 Å². The molecule has 0 fully saturated rings. The number of methoxy groups -OCH3 is 2. The Bertz CT molecular complexity index is 853. The van der Waals surface area contributed by atoms with Crippen molar-refractivity contribution >= 4 is 14.6 Å². The summed E-state index contributed by atoms with van der Waals surface area (Å²) < 4.78 is 29.4. The molecule has 2 atom stereocenters. The number of benzene rings is 1. The number of allylic oxidation sites excluding steroid dienone is 2. The summed E-state index contributed by atoms with van der Waals surface area (Å²) in [5, 5.41) is 0. The van der Waals surface area contributed by atoms with Crippen LogP contribution < -0.4 is 4.74 Å². The van der Waals surface area contributed by atoms with Gasteiger partial charge in [-0.3, -0.25) is 4.79 Å². The number of ether oxygens (including phenoxy) is 4. The smallest absolute Gasteiger partial charge is 0.200 e. The van der Waals surface area contributed by atoms with Gasteiger partial charge in [0.15, 0.2) is 0 Å². The molecule has 1 aromatic rings. The van der Waals surface area contributed by atoms with Gasteiger partial charge in [-0.25, -0.2) is 0 Å². The molecule has 0 bridgehead atoms. The van der Waals surface area contributed by atoms with E-state index in [1.165, 1.54) is 5.57 Å². The van der Waals surface area contributed by atoms with E-state index in [9.17, 15) is 4.79 Å². The number of carbonyl (C=O) groups excluding carboxylic acids is 1. The molecule has 0 amide bonds. The van der Waals surface area contributed by atoms with E-state index in [4.69, 9.17) is 23.4 Å². The second-order valence-electron chi connectivity index (χ2n) is 11.4. The fourth-order valence-electron chi connectivity index (χ4n) is 5.53. The molecule has 0 spiro atoms. The van der Waals surface area contributed by atoms with Gasteiger partial charge in [-0.2, -0.15) is 0 Å². The average Bonchev–Trinajstić information content (AvgIpc) is 2.90. The van der Waals surface area contributed by atoms with Crippen molar-refractivity contribution in [3.05, 3.63) is 53.1 Å². The predicted octanol–water partition coefficient (Wildman–Crippen LogP) is 7.88. The molecule has 0 unspecified atom stereocenters. The summed E-state index contributed by atoms with van der Waals surface area (Å²) in [6.45, 7) is 19.9. The highest BCUT2D eigenvalue weighted by atomic mass is 28.4. The Morgan fingerprint density at radius 2 is 1.49 bits per heavy atom. The maximum atomic E-state index is 11.1. The van der Waals surface area contributed by atoms with Crippen molar-refractivity contribution in [2.45, 2.75) is 97.6 Å². The van der Waals surface area contributed by atoms with Crippen molar-refractivity contribution in [1.29, 1.82) is 0 Å². The third-order valence-electron chi connectivity index (χ3n) is 7.73. The van der Waals surface area contributed by atoms with Crippen LogP contribution in [0.4, 0.5) is 0 Å². The molecule has 0 heterocycles. The first-order chi connectivity index (χ1) is 18.5. The van der Waals surface area contributed by atoms with Gasteiger partial charge in [0.2, 0.25) is 8.32 Å². The molecular weight excluding hydrogens is 508 g/mol. The molecule has 0 aliphatic carbocycles. The zero-order chi connectivity index (χ0) is 29.4. The van der Waals surface area contributed by atoms with E-state index < -0.39 is 8.32 Å². The summed E-state index contributed by atoms with van der Waals surface area (Å²) in [6, 6.07) is 7.91. The van der Waals surface area contributed by atoms with Crippen molar-refractivity contribution in [1.82, 2.24) is 0 Å². The molecule has 0 aliphatic heterocycles. The summed E-state index contributed by atoms with van der Waals surface area (Å²) in [5.41, 5.74) is 4.92. The molecule has 1 aromatic carbocycles. The third-order valence-corrected chi connectivity index (χ3v) is 13.9. The molecule has 222 valence electrons. The first-order valence-corrected chi connectivity index (χ1v) is 16.4. The quantitative estimate of drug-likeness (QED) is 0.0402. The number of aldehydes is 1. The summed E-state index contributed by atoms with van der Waals surface area (Å²) in [7, 11) is 1.19. The Hall–Kier alpha value is -1.77. The zero-order valence-electron chi connectivity index (χ0n) is 26.1. The highest BCUT2D eigenvalue weighted by Crippen LogP contribution is 2.44. The van der Waals surface area contributed by atoms with Crippen molar-refractivity contribution in [2.75, 3.05) is 34.2 Å². The van der Waals surface area contributed by atoms with Crippen molar-refractivity contribution in [3.8, 4) is 5.75 Å². The van der Waals surface area contributed by atoms with E-state index in [-0.39, 0.29) is 18.8 Å². The van der Waals surface area contributed by atoms with E-state index in [0.717, 1.165) is 36.0 Å². The van der Waals surface area contributed by atoms with Gasteiger partial charge in [-0.1, -0.05) is 72.2 Å². The molecule has 1 rings (SSSR count). The second-order valence-corrected chi connectivity index (χ2v) is 16.8. The van der Waals surface area contributed by atoms with E-state index in [2.05, 4.69) is 55.4 Å². The lowest BCUT2D eigenvalue weighted by molar-refractivity contribution is -0.104. The third kappa shape index (κ3) is 11.3. The van der Waals surface area contributed by atoms with Crippen LogP contribution in [0, 0.1) is 5.92 Å². The van der Waals surface area contributed by atoms with Crippen LogP contribution in [0.5, 0.6) is 5.75 Å². The Morgan fingerprint density at radius 3 is 2.00 bits per heavy atom. The molecule has 0 saturated heterocycles. The van der Waals surface area contributed by atoms with Crippen LogP contribution in [0.1, 0.15) is 73.8 Å². The normalized spacial score (nSPS) is 14.8. The topological polar surface area (TPSA) is 63.2 Å². The Morgan fingerprint density at radius 1 is 0.897 bits per heavy atom. The monoisotopic (exact) mass is 562 g/mol. The summed E-state index contributed by atoms with van der Waals surface area (Å²) >= 11 is 0. The maximum Gasteiger partial charge on any atom is 0.200 e. The van der Waals surface area contributed by atoms with E-state index in [0.29, 0.717) is 36.4 Å². The average molecular weight is 563 g/mol. The molecule has 39 heavy (non-hydrogen) atoms. The lowest BCUT2D eigenvalue weighted by Gasteiger charge is -2.45. The zero-order valence-corrected chi connectivity index (χ0v) is 27.1. The van der Waals surface area contributed by atoms with E-state index in [1.807, 2.05) is 30.3 Å². The number of carbonyl (C=O) groups is 1. The van der Waals surface area contributed by atoms with Gasteiger partial charge in [0.1, 0.15) is 18.8 Å². The van der Waals surface area contributed by atoms with Crippen molar-refractivity contribution < 1.29 is 28.2 Å². The lowest BCUT2D eigenvalue weighted by Crippen LogP contribution is -2.51. The Balaban J connectivity index is 3.11. The molecular formula is C32H54O6Si. The standard InChI is InChI=1S/C32H54O6Si/c1-24(2)39(25(3)4,26(5)6)38-32(28(8)12-11-19-33)18-13-27(7)30(22-37-23-34-9)21-36-20-29-14-16-31(35-10)17-15-29/h11-12,14-17,19,24-26,28,32H,13,18,20-23H2,1-10H3/b12-11+,30-27-/t28-,32-/m0/s1. The number of hydrogen-bond acceptors (Lipinski definition) is 6. The van der Waals surface area contributed by atoms with Crippen LogP contribution in [0.25, 0.3) is 0 Å². The highest BCUT2D eigenvalue weighted by molar-refractivity contribution is 6.77. The molecule has 6 nitrogen and oxygen atoms in total. The van der Waals surface area contributed by atoms with Crippen LogP contribution in [0.3, 0.4) is 0 Å². The maximum absolute atomic E-state index is 11.1. The Kier molecular flexibility index (Phi) is 16.8. The van der Waals surface area contributed by atoms with Gasteiger partial charge in [0.25, 0.3) is 0 Å². The SMILES string of the molecule is COCOC/C(COCc1ccc(OC)cc1)=C(/C)CC[C@H](O[Si](C(C)C)(C(C)C)C(C)C)[C@@H](C)/C=C/C=O. The number of hydrogen-bond donors (Lipinski definition) is 0. The van der Waals surface area contributed by atoms with Crippen LogP contribution in [0.15, 0.2) is 47.6 Å². The van der Waals surface area contributed by atoms with Crippen LogP contribution in [-0.2, 0) is 30.0 Å². The van der Waals surface area contributed by atoms with Gasteiger partial charge < -0.3 is 23.4 Å². The van der Waals surface area contributed by atoms with E-state index >= 15 is 0 Å². The van der Waals surface area contributed by atoms with Crippen molar-refractivity contribution in [2.24, 2.45) is 5.92 Å². The minimum absolute atomic E-state index is 0.0244.